The predicted molar refractivity (Wildman–Crippen MR) is 183 cm³/mol. The van der Waals surface area contributed by atoms with Crippen molar-refractivity contribution in [3.8, 4) is 5.75 Å². The second-order valence-electron chi connectivity index (χ2n) is 11.8. The Morgan fingerprint density at radius 1 is 1.04 bits per heavy atom. The third kappa shape index (κ3) is 8.68. The zero-order valence-corrected chi connectivity index (χ0v) is 27.4. The van der Waals surface area contributed by atoms with Crippen LogP contribution in [0.5, 0.6) is 5.75 Å². The van der Waals surface area contributed by atoms with Gasteiger partial charge in [0, 0.05) is 35.4 Å². The summed E-state index contributed by atoms with van der Waals surface area (Å²) in [6.07, 6.45) is 21.6. The molecular formula is C39H48F2N2O2. The van der Waals surface area contributed by atoms with Gasteiger partial charge in [0.05, 0.1) is 18.5 Å². The Morgan fingerprint density at radius 2 is 1.87 bits per heavy atom. The Labute approximate surface area is 268 Å². The first-order valence-corrected chi connectivity index (χ1v) is 16.7. The number of aryl methyl sites for hydroxylation is 1. The number of nitrogens with zero attached hydrogens (tertiary/aromatic N) is 1. The fourth-order valence-electron chi connectivity index (χ4n) is 6.18. The minimum Gasteiger partial charge on any atom is -0.494 e. The molecule has 0 radical (unpaired) electrons. The molecule has 1 aliphatic heterocycles. The van der Waals surface area contributed by atoms with Gasteiger partial charge in [-0.3, -0.25) is 9.79 Å². The van der Waals surface area contributed by atoms with E-state index in [1.807, 2.05) is 12.1 Å². The maximum Gasteiger partial charge on any atom is 0.201 e. The number of carbonyl (C=O) groups is 1. The molecule has 0 bridgehead atoms. The number of carbonyl (C=O) groups excluding carboxylic acids is 1. The number of anilines is 1. The fourth-order valence-corrected chi connectivity index (χ4v) is 6.18. The largest absolute Gasteiger partial charge is 0.494 e. The molecule has 0 aromatic heterocycles. The number of unbranched alkanes of at least 4 members (excludes halogenated alkanes) is 3. The van der Waals surface area contributed by atoms with Crippen LogP contribution in [0.1, 0.15) is 113 Å². The van der Waals surface area contributed by atoms with Gasteiger partial charge >= 0.3 is 0 Å². The second kappa shape index (κ2) is 17.0. The average molecular weight is 615 g/mol. The number of hydrogen-bond donors (Lipinski definition) is 1. The fraction of sp³-hybridized carbons (Fsp3) is 0.436. The smallest absolute Gasteiger partial charge is 0.201 e. The molecule has 1 atom stereocenters. The number of halogens is 2. The van der Waals surface area contributed by atoms with Crippen molar-refractivity contribution in [3.05, 3.63) is 100 Å². The number of aliphatic imine (C=N–C) groups is 1. The summed E-state index contributed by atoms with van der Waals surface area (Å²) in [7, 11) is 1.32. The summed E-state index contributed by atoms with van der Waals surface area (Å²) in [5, 5.41) is 3.55. The standard InChI is InChI=1S/C39H48F2N2O2/c1-5-8-16-27(6-2)17-12-11-15-20-35(44)30-22-21-29(25-28(30)7-3)43-34-19-14-10-9-13-18-32-33(26-42-39(32)34)31-23-24-36(45-4)38(41)37(31)40/h9-10,16,19,21-26,32,43H,5-8,11-15,17-18,20H2,1-4H3/b10-9-,27-16+,34-19-. The molecule has 1 heterocycles. The third-order valence-electron chi connectivity index (χ3n) is 8.79. The van der Waals surface area contributed by atoms with Crippen molar-refractivity contribution in [1.82, 2.24) is 0 Å². The van der Waals surface area contributed by atoms with Crippen LogP contribution in [0.25, 0.3) is 5.57 Å². The first-order valence-electron chi connectivity index (χ1n) is 16.7. The number of Topliss-reactive ketones (excluding diaryl/α,β-unsaturated/α-hetero) is 1. The van der Waals surface area contributed by atoms with Gasteiger partial charge < -0.3 is 10.1 Å². The van der Waals surface area contributed by atoms with Crippen molar-refractivity contribution < 1.29 is 18.3 Å². The molecule has 6 heteroatoms. The number of rotatable bonds is 15. The SMILES string of the molecule is CCC/C=C(\CC)CCCCCC(=O)c1ccc(N/C2=C\C/C=C\CCC3C(c4ccc(OC)c(F)c4F)=CN=C23)cc1CC. The van der Waals surface area contributed by atoms with Crippen LogP contribution >= 0.6 is 0 Å². The molecule has 0 amide bonds. The van der Waals surface area contributed by atoms with Gasteiger partial charge in [-0.2, -0.15) is 4.39 Å². The van der Waals surface area contributed by atoms with Gasteiger partial charge in [0.25, 0.3) is 0 Å². The van der Waals surface area contributed by atoms with Gasteiger partial charge in [0.1, 0.15) is 0 Å². The highest BCUT2D eigenvalue weighted by molar-refractivity contribution is 6.12. The van der Waals surface area contributed by atoms with E-state index in [1.54, 1.807) is 12.3 Å². The molecule has 0 fully saturated rings. The molecule has 1 aliphatic carbocycles. The van der Waals surface area contributed by atoms with Crippen LogP contribution in [0, 0.1) is 17.6 Å². The lowest BCUT2D eigenvalue weighted by atomic mass is 9.86. The van der Waals surface area contributed by atoms with E-state index in [1.165, 1.54) is 25.2 Å². The maximum atomic E-state index is 15.1. The lowest BCUT2D eigenvalue weighted by Crippen LogP contribution is -2.20. The van der Waals surface area contributed by atoms with E-state index in [0.717, 1.165) is 92.4 Å². The Morgan fingerprint density at radius 3 is 2.62 bits per heavy atom. The molecule has 2 aromatic rings. The molecule has 45 heavy (non-hydrogen) atoms. The lowest BCUT2D eigenvalue weighted by molar-refractivity contribution is 0.0978. The summed E-state index contributed by atoms with van der Waals surface area (Å²) in [6.45, 7) is 6.51. The molecule has 0 saturated carbocycles. The Balaban J connectivity index is 1.44. The van der Waals surface area contributed by atoms with Crippen LogP contribution < -0.4 is 10.1 Å². The predicted octanol–water partition coefficient (Wildman–Crippen LogP) is 11.0. The molecule has 1 unspecified atom stereocenters. The molecule has 2 aliphatic rings. The normalized spacial score (nSPS) is 18.5. The number of allylic oxidation sites excluding steroid dienone is 7. The van der Waals surface area contributed by atoms with Gasteiger partial charge in [-0.25, -0.2) is 4.39 Å². The van der Waals surface area contributed by atoms with Gasteiger partial charge in [0.15, 0.2) is 17.3 Å². The van der Waals surface area contributed by atoms with Crippen molar-refractivity contribution in [3.63, 3.8) is 0 Å². The first kappa shape index (κ1) is 34.1. The number of nitrogens with one attached hydrogen (secondary N) is 1. The Kier molecular flexibility index (Phi) is 12.9. The van der Waals surface area contributed by atoms with Gasteiger partial charge in [-0.1, -0.05) is 63.5 Å². The summed E-state index contributed by atoms with van der Waals surface area (Å²) in [6, 6.07) is 8.98. The molecule has 240 valence electrons. The average Bonchev–Trinajstić information content (AvgIpc) is 3.50. The second-order valence-corrected chi connectivity index (χ2v) is 11.8. The van der Waals surface area contributed by atoms with E-state index in [-0.39, 0.29) is 23.0 Å². The summed E-state index contributed by atoms with van der Waals surface area (Å²) in [5.74, 6) is -2.03. The van der Waals surface area contributed by atoms with Crippen LogP contribution in [0.15, 0.2) is 77.1 Å². The number of fused-ring (bicyclic) bond motifs is 1. The lowest BCUT2D eigenvalue weighted by Gasteiger charge is -2.21. The number of ether oxygens (including phenoxy) is 1. The molecule has 1 N–H and O–H groups in total. The van der Waals surface area contributed by atoms with Crippen molar-refractivity contribution in [1.29, 1.82) is 0 Å². The van der Waals surface area contributed by atoms with Crippen molar-refractivity contribution in [2.24, 2.45) is 10.9 Å². The first-order chi connectivity index (χ1) is 21.9. The number of methoxy groups -OCH3 is 1. The van der Waals surface area contributed by atoms with E-state index in [2.05, 4.69) is 56.5 Å². The molecule has 4 rings (SSSR count). The van der Waals surface area contributed by atoms with Crippen LogP contribution in [0.4, 0.5) is 14.5 Å². The zero-order valence-electron chi connectivity index (χ0n) is 27.4. The van der Waals surface area contributed by atoms with Crippen molar-refractivity contribution in [2.45, 2.75) is 97.8 Å². The maximum absolute atomic E-state index is 15.1. The highest BCUT2D eigenvalue weighted by Crippen LogP contribution is 2.39. The monoisotopic (exact) mass is 614 g/mol. The third-order valence-corrected chi connectivity index (χ3v) is 8.79. The molecule has 2 aromatic carbocycles. The highest BCUT2D eigenvalue weighted by atomic mass is 19.2. The minimum atomic E-state index is -0.992. The van der Waals surface area contributed by atoms with Crippen molar-refractivity contribution in [2.75, 3.05) is 12.4 Å². The summed E-state index contributed by atoms with van der Waals surface area (Å²) < 4.78 is 34.7. The summed E-state index contributed by atoms with van der Waals surface area (Å²) in [5.41, 5.74) is 6.73. The van der Waals surface area contributed by atoms with Gasteiger partial charge in [-0.05, 0) is 99.3 Å². The van der Waals surface area contributed by atoms with Crippen molar-refractivity contribution >= 4 is 22.8 Å². The molecule has 4 nitrogen and oxygen atoms in total. The van der Waals surface area contributed by atoms with Gasteiger partial charge in [0.2, 0.25) is 5.82 Å². The molecule has 0 saturated heterocycles. The Bertz CT molecular complexity index is 1500. The van der Waals surface area contributed by atoms with E-state index in [0.29, 0.717) is 12.0 Å². The van der Waals surface area contributed by atoms with E-state index < -0.39 is 11.6 Å². The van der Waals surface area contributed by atoms with E-state index in [4.69, 9.17) is 9.73 Å². The van der Waals surface area contributed by atoms with Crippen LogP contribution in [-0.4, -0.2) is 18.6 Å². The van der Waals surface area contributed by atoms with Gasteiger partial charge in [-0.15, -0.1) is 0 Å². The topological polar surface area (TPSA) is 50.7 Å². The minimum absolute atomic E-state index is 0.120. The molecular weight excluding hydrogens is 566 g/mol. The van der Waals surface area contributed by atoms with Crippen LogP contribution in [0.3, 0.4) is 0 Å². The molecule has 0 spiro atoms. The summed E-state index contributed by atoms with van der Waals surface area (Å²) in [4.78, 5) is 17.9. The highest BCUT2D eigenvalue weighted by Gasteiger charge is 2.31. The quantitative estimate of drug-likeness (QED) is 0.123. The van der Waals surface area contributed by atoms with Crippen LogP contribution in [-0.2, 0) is 6.42 Å². The summed E-state index contributed by atoms with van der Waals surface area (Å²) >= 11 is 0. The zero-order chi connectivity index (χ0) is 32.2. The van der Waals surface area contributed by atoms with E-state index >= 15 is 4.39 Å². The van der Waals surface area contributed by atoms with Crippen LogP contribution in [0.2, 0.25) is 0 Å². The number of hydrogen-bond acceptors (Lipinski definition) is 4. The Hall–Kier alpha value is -3.80. The van der Waals surface area contributed by atoms with E-state index in [9.17, 15) is 9.18 Å². The number of ketones is 1. The number of benzene rings is 2.